The second kappa shape index (κ2) is 21.8. The van der Waals surface area contributed by atoms with Crippen molar-refractivity contribution in [2.75, 3.05) is 19.0 Å². The standard InChI is InChI=1S/C63H60N4O2S4Si/c1-7-9-11-14-18-41-22-30-48(31-23-41)74(49-32-24-42(25-33-49)19-15-12-10-8-2)61-57-53(35-47(70-57)29-27-44-26-28-46(67(5)6)34-51(44)68-40-43-20-16-13-17-21-43)72-59(61)60-62(74)58-54(73-60)36-52(71-58)55-50(39-66)56(45(37-64)38-65)69-63(55,3)4/h13,16-17,20-36H,7-12,14-15,18-19,40H2,1-6H3/b29-27+. The summed E-state index contributed by atoms with van der Waals surface area (Å²) in [5, 5.41) is 36.2. The van der Waals surface area contributed by atoms with Gasteiger partial charge in [-0.1, -0.05) is 131 Å². The number of nitriles is 3. The number of rotatable bonds is 19. The van der Waals surface area contributed by atoms with Crippen LogP contribution in [0.1, 0.15) is 111 Å². The van der Waals surface area contributed by atoms with Gasteiger partial charge in [-0.25, -0.2) is 0 Å². The van der Waals surface area contributed by atoms with E-state index < -0.39 is 13.7 Å². The Morgan fingerprint density at radius 2 is 1.26 bits per heavy atom. The second-order valence-electron chi connectivity index (χ2n) is 20.1. The number of unbranched alkanes of at least 4 members (excludes halogenated alkanes) is 6. The Balaban J connectivity index is 1.16. The second-order valence-corrected chi connectivity index (χ2v) is 28.0. The molecule has 4 aromatic heterocycles. The topological polar surface area (TPSA) is 93.1 Å². The number of benzene rings is 4. The predicted octanol–water partition coefficient (Wildman–Crippen LogP) is 15.0. The largest absolute Gasteiger partial charge is 0.488 e. The van der Waals surface area contributed by atoms with Crippen LogP contribution in [0.5, 0.6) is 5.75 Å². The molecule has 0 aliphatic carbocycles. The van der Waals surface area contributed by atoms with Gasteiger partial charge in [0.1, 0.15) is 41.7 Å². The van der Waals surface area contributed by atoms with Crippen LogP contribution in [0.3, 0.4) is 0 Å². The van der Waals surface area contributed by atoms with Crippen molar-refractivity contribution in [3.05, 3.63) is 158 Å². The van der Waals surface area contributed by atoms with Gasteiger partial charge in [0.2, 0.25) is 0 Å². The van der Waals surface area contributed by atoms with Crippen LogP contribution in [0, 0.1) is 34.0 Å². The van der Waals surface area contributed by atoms with Gasteiger partial charge in [-0.05, 0) is 113 Å². The van der Waals surface area contributed by atoms with Gasteiger partial charge < -0.3 is 14.4 Å². The van der Waals surface area contributed by atoms with E-state index in [1.165, 1.54) is 117 Å². The highest BCUT2D eigenvalue weighted by Gasteiger charge is 2.54. The van der Waals surface area contributed by atoms with Crippen LogP contribution in [-0.2, 0) is 24.2 Å². The Labute approximate surface area is 453 Å². The molecule has 6 nitrogen and oxygen atoms in total. The van der Waals surface area contributed by atoms with E-state index in [1.54, 1.807) is 11.3 Å². The number of allylic oxidation sites excluding steroid dienone is 2. The highest BCUT2D eigenvalue weighted by molar-refractivity contribution is 7.44. The Morgan fingerprint density at radius 3 is 1.82 bits per heavy atom. The van der Waals surface area contributed by atoms with Gasteiger partial charge >= 0.3 is 0 Å². The van der Waals surface area contributed by atoms with Crippen molar-refractivity contribution in [3.63, 3.8) is 0 Å². The molecule has 0 amide bonds. The highest BCUT2D eigenvalue weighted by atomic mass is 32.1. The lowest BCUT2D eigenvalue weighted by Gasteiger charge is -2.31. The maximum Gasteiger partial charge on any atom is 0.186 e. The van der Waals surface area contributed by atoms with Crippen molar-refractivity contribution < 1.29 is 9.47 Å². The van der Waals surface area contributed by atoms with E-state index in [2.05, 4.69) is 154 Å². The van der Waals surface area contributed by atoms with Gasteiger partial charge in [0.15, 0.2) is 19.4 Å². The minimum Gasteiger partial charge on any atom is -0.488 e. The lowest BCUT2D eigenvalue weighted by molar-refractivity contribution is 0.109. The Kier molecular flexibility index (Phi) is 15.0. The maximum atomic E-state index is 10.7. The van der Waals surface area contributed by atoms with Crippen LogP contribution in [0.15, 0.2) is 126 Å². The fourth-order valence-electron chi connectivity index (χ4n) is 10.8. The molecule has 2 aliphatic heterocycles. The summed E-state index contributed by atoms with van der Waals surface area (Å²) in [6, 6.07) is 47.2. The number of anilines is 1. The maximum absolute atomic E-state index is 10.7. The van der Waals surface area contributed by atoms with Gasteiger partial charge in [-0.15, -0.1) is 45.3 Å². The minimum atomic E-state index is -3.07. The average Bonchev–Trinajstić information content (AvgIpc) is 4.30. The van der Waals surface area contributed by atoms with Crippen molar-refractivity contribution in [3.8, 4) is 33.7 Å². The molecule has 8 aromatic rings. The number of nitrogens with zero attached hydrogens (tertiary/aromatic N) is 4. The van der Waals surface area contributed by atoms with Gasteiger partial charge in [0.25, 0.3) is 0 Å². The van der Waals surface area contributed by atoms with Crippen molar-refractivity contribution in [1.29, 1.82) is 15.8 Å². The fraction of sp³-hybridized carbons (Fsp3) is 0.286. The summed E-state index contributed by atoms with van der Waals surface area (Å²) in [6.45, 7) is 8.88. The minimum absolute atomic E-state index is 0.0707. The fourth-order valence-corrected chi connectivity index (χ4v) is 23.7. The Hall–Kier alpha value is -6.49. The zero-order chi connectivity index (χ0) is 51.6. The summed E-state index contributed by atoms with van der Waals surface area (Å²) >= 11 is 7.43. The van der Waals surface area contributed by atoms with Crippen LogP contribution in [-0.4, -0.2) is 27.8 Å². The van der Waals surface area contributed by atoms with E-state index in [4.69, 9.17) is 9.47 Å². The predicted molar refractivity (Wildman–Crippen MR) is 318 cm³/mol. The Bertz CT molecular complexity index is 3530. The van der Waals surface area contributed by atoms with Gasteiger partial charge in [-0.2, -0.15) is 15.8 Å². The molecule has 0 bridgehead atoms. The Morgan fingerprint density at radius 1 is 0.662 bits per heavy atom. The molecule has 372 valence electrons. The molecule has 0 radical (unpaired) electrons. The van der Waals surface area contributed by atoms with Crippen molar-refractivity contribution >= 4 is 116 Å². The smallest absolute Gasteiger partial charge is 0.186 e. The molecular weight excluding hydrogens is 1000 g/mol. The van der Waals surface area contributed by atoms with E-state index in [9.17, 15) is 15.8 Å². The third kappa shape index (κ3) is 9.49. The molecule has 74 heavy (non-hydrogen) atoms. The third-order valence-electron chi connectivity index (χ3n) is 14.5. The summed E-state index contributed by atoms with van der Waals surface area (Å²) in [6.07, 6.45) is 16.4. The number of hydrogen-bond donors (Lipinski definition) is 0. The molecule has 0 fully saturated rings. The average molecular weight is 1060 g/mol. The number of fused-ring (bicyclic) bond motifs is 7. The lowest BCUT2D eigenvalue weighted by atomic mass is 9.94. The molecule has 0 atom stereocenters. The first kappa shape index (κ1) is 51.0. The van der Waals surface area contributed by atoms with Crippen LogP contribution >= 0.6 is 45.3 Å². The van der Waals surface area contributed by atoms with E-state index in [1.807, 2.05) is 66.1 Å². The number of aryl methyl sites for hydroxylation is 2. The number of ether oxygens (including phenoxy) is 2. The number of hydrogen-bond acceptors (Lipinski definition) is 10. The van der Waals surface area contributed by atoms with Crippen molar-refractivity contribution in [1.82, 2.24) is 0 Å². The molecule has 2 aliphatic rings. The monoisotopic (exact) mass is 1060 g/mol. The van der Waals surface area contributed by atoms with Gasteiger partial charge in [0.05, 0.1) is 0 Å². The summed E-state index contributed by atoms with van der Waals surface area (Å²) in [4.78, 5) is 6.97. The molecular formula is C63H60N4O2S4Si. The van der Waals surface area contributed by atoms with Crippen LogP contribution in [0.2, 0.25) is 0 Å². The van der Waals surface area contributed by atoms with Gasteiger partial charge in [-0.3, -0.25) is 0 Å². The van der Waals surface area contributed by atoms with Gasteiger partial charge in [0, 0.05) is 75.3 Å². The molecule has 10 rings (SSSR count). The zero-order valence-corrected chi connectivity index (χ0v) is 47.3. The molecule has 0 spiro atoms. The SMILES string of the molecule is CCCCCCc1ccc([Si]2(c3ccc(CCCCCC)cc3)c3c(sc4cc(/C=C/c5ccc(N(C)C)cc5OCc5ccccc5)sc34)-c3sc4cc(C5=C(C#N)C(=C(C#N)C#N)OC5(C)C)sc4c32)cc1. The van der Waals surface area contributed by atoms with Crippen LogP contribution in [0.4, 0.5) is 5.69 Å². The summed E-state index contributed by atoms with van der Waals surface area (Å²) in [5.74, 6) is 0.919. The molecule has 6 heterocycles. The molecule has 11 heteroatoms. The molecule has 0 saturated carbocycles. The van der Waals surface area contributed by atoms with Crippen LogP contribution < -0.4 is 30.4 Å². The van der Waals surface area contributed by atoms with E-state index in [0.29, 0.717) is 6.61 Å². The molecule has 0 saturated heterocycles. The first-order valence-electron chi connectivity index (χ1n) is 25.9. The third-order valence-corrected chi connectivity index (χ3v) is 25.1. The van der Waals surface area contributed by atoms with Crippen molar-refractivity contribution in [2.45, 2.75) is 104 Å². The molecule has 4 aromatic carbocycles. The zero-order valence-electron chi connectivity index (χ0n) is 43.1. The highest BCUT2D eigenvalue weighted by Crippen LogP contribution is 2.52. The van der Waals surface area contributed by atoms with E-state index >= 15 is 0 Å². The summed E-state index contributed by atoms with van der Waals surface area (Å²) in [7, 11) is 1.05. The normalized spacial score (nSPS) is 14.3. The lowest BCUT2D eigenvalue weighted by Crippen LogP contribution is -2.72. The van der Waals surface area contributed by atoms with E-state index in [0.717, 1.165) is 45.9 Å². The molecule has 0 unspecified atom stereocenters. The first-order valence-corrected chi connectivity index (χ1v) is 31.2. The van der Waals surface area contributed by atoms with E-state index in [-0.39, 0.29) is 16.9 Å². The summed E-state index contributed by atoms with van der Waals surface area (Å²) in [5.41, 5.74) is 5.87. The quantitative estimate of drug-likeness (QED) is 0.0455. The molecule has 0 N–H and O–H groups in total. The number of thiophene rings is 4. The van der Waals surface area contributed by atoms with Crippen molar-refractivity contribution in [2.24, 2.45) is 0 Å². The summed E-state index contributed by atoms with van der Waals surface area (Å²) < 4.78 is 18.0. The first-order chi connectivity index (χ1) is 36.0. The van der Waals surface area contributed by atoms with Crippen LogP contribution in [0.25, 0.3) is 46.3 Å².